The van der Waals surface area contributed by atoms with E-state index in [4.69, 9.17) is 16.3 Å². The molecule has 3 nitrogen and oxygen atoms in total. The number of nitrogens with zero attached hydrogens (tertiary/aromatic N) is 1. The molecule has 1 N–H and O–H groups in total. The second-order valence-corrected chi connectivity index (χ2v) is 8.77. The van der Waals surface area contributed by atoms with E-state index in [9.17, 15) is 13.2 Å². The number of alkyl halides is 3. The Hall–Kier alpha value is -1.66. The molecule has 1 spiro atoms. The van der Waals surface area contributed by atoms with E-state index in [0.717, 1.165) is 0 Å². The highest BCUT2D eigenvalue weighted by molar-refractivity contribution is 6.30. The first-order valence-corrected chi connectivity index (χ1v) is 9.44. The number of hydrogen-bond acceptors (Lipinski definition) is 2. The molecule has 0 amide bonds. The molecule has 2 aliphatic rings. The zero-order valence-electron chi connectivity index (χ0n) is 15.5. The highest BCUT2D eigenvalue weighted by atomic mass is 35.5. The van der Waals surface area contributed by atoms with Crippen molar-refractivity contribution in [2.24, 2.45) is 0 Å². The van der Waals surface area contributed by atoms with Gasteiger partial charge in [-0.25, -0.2) is 0 Å². The number of hydrogen-bond donors (Lipinski definition) is 1. The van der Waals surface area contributed by atoms with E-state index >= 15 is 0 Å². The summed E-state index contributed by atoms with van der Waals surface area (Å²) >= 11 is 6.11. The fourth-order valence-electron chi connectivity index (χ4n) is 4.17. The molecule has 3 heterocycles. The van der Waals surface area contributed by atoms with E-state index in [1.807, 2.05) is 20.8 Å². The standard InChI is InChI=1S/C20H22ClF3N2O/c1-18(2,3)13-11-16(20(22,23)24)26-14-5-4-12(21)10-15(14)27-19(17(13)26)6-8-25-9-7-19/h4-5,10-11,25H,6-9H2,1-3H3. The van der Waals surface area contributed by atoms with E-state index in [1.54, 1.807) is 18.2 Å². The van der Waals surface area contributed by atoms with Crippen LogP contribution in [0.25, 0.3) is 5.69 Å². The number of ether oxygens (including phenoxy) is 1. The number of piperidine rings is 1. The highest BCUT2D eigenvalue weighted by Crippen LogP contribution is 2.51. The van der Waals surface area contributed by atoms with Crippen molar-refractivity contribution in [2.45, 2.75) is 50.8 Å². The summed E-state index contributed by atoms with van der Waals surface area (Å²) in [5, 5.41) is 3.72. The Morgan fingerprint density at radius 2 is 1.78 bits per heavy atom. The summed E-state index contributed by atoms with van der Waals surface area (Å²) in [5.74, 6) is 0.401. The minimum Gasteiger partial charge on any atom is -0.479 e. The van der Waals surface area contributed by atoms with Crippen LogP contribution in [0.15, 0.2) is 24.3 Å². The van der Waals surface area contributed by atoms with E-state index in [1.165, 1.54) is 10.6 Å². The molecule has 0 saturated carbocycles. The van der Waals surface area contributed by atoms with Gasteiger partial charge in [0.05, 0.1) is 11.4 Å². The van der Waals surface area contributed by atoms with Gasteiger partial charge in [0.1, 0.15) is 11.4 Å². The maximum Gasteiger partial charge on any atom is 0.431 e. The van der Waals surface area contributed by atoms with Crippen LogP contribution < -0.4 is 10.1 Å². The maximum atomic E-state index is 14.0. The number of aromatic nitrogens is 1. The quantitative estimate of drug-likeness (QED) is 0.641. The molecule has 1 aromatic heterocycles. The fourth-order valence-corrected chi connectivity index (χ4v) is 4.34. The van der Waals surface area contributed by atoms with Crippen molar-refractivity contribution in [3.63, 3.8) is 0 Å². The molecule has 1 aromatic carbocycles. The number of benzene rings is 1. The lowest BCUT2D eigenvalue weighted by Crippen LogP contribution is -2.48. The van der Waals surface area contributed by atoms with Gasteiger partial charge >= 0.3 is 6.18 Å². The molecule has 0 unspecified atom stereocenters. The van der Waals surface area contributed by atoms with Crippen LogP contribution in [0.5, 0.6) is 5.75 Å². The van der Waals surface area contributed by atoms with Crippen molar-refractivity contribution >= 4 is 11.6 Å². The Labute approximate surface area is 161 Å². The summed E-state index contributed by atoms with van der Waals surface area (Å²) in [5.41, 5.74) is -0.217. The van der Waals surface area contributed by atoms with Crippen LogP contribution in [0.1, 0.15) is 50.6 Å². The third-order valence-corrected chi connectivity index (χ3v) is 5.65. The molecule has 2 aromatic rings. The third-order valence-electron chi connectivity index (χ3n) is 5.41. The number of rotatable bonds is 0. The van der Waals surface area contributed by atoms with Gasteiger partial charge in [-0.3, -0.25) is 0 Å². The van der Waals surface area contributed by atoms with E-state index in [0.29, 0.717) is 53.6 Å². The van der Waals surface area contributed by atoms with Crippen molar-refractivity contribution in [2.75, 3.05) is 13.1 Å². The Kier molecular flexibility index (Phi) is 4.10. The predicted octanol–water partition coefficient (Wildman–Crippen LogP) is 5.42. The number of halogens is 4. The Bertz CT molecular complexity index is 890. The second kappa shape index (κ2) is 5.92. The van der Waals surface area contributed by atoms with Gasteiger partial charge in [0.2, 0.25) is 0 Å². The summed E-state index contributed by atoms with van der Waals surface area (Å²) < 4.78 is 49.8. The molecule has 1 fully saturated rings. The monoisotopic (exact) mass is 398 g/mol. The average Bonchev–Trinajstić information content (AvgIpc) is 2.98. The smallest absolute Gasteiger partial charge is 0.431 e. The first-order chi connectivity index (χ1) is 12.5. The van der Waals surface area contributed by atoms with Crippen LogP contribution in [0.3, 0.4) is 0 Å². The molecular formula is C20H22ClF3N2O. The highest BCUT2D eigenvalue weighted by Gasteiger charge is 2.50. The summed E-state index contributed by atoms with van der Waals surface area (Å²) in [6.45, 7) is 7.19. The molecule has 1 saturated heterocycles. The van der Waals surface area contributed by atoms with Gasteiger partial charge in [0, 0.05) is 23.9 Å². The second-order valence-electron chi connectivity index (χ2n) is 8.33. The molecule has 0 radical (unpaired) electrons. The molecule has 0 aliphatic carbocycles. The Balaban J connectivity index is 2.10. The van der Waals surface area contributed by atoms with Crippen molar-refractivity contribution < 1.29 is 17.9 Å². The van der Waals surface area contributed by atoms with Crippen LogP contribution in [0.4, 0.5) is 13.2 Å². The van der Waals surface area contributed by atoms with Crippen molar-refractivity contribution in [3.8, 4) is 11.4 Å². The Morgan fingerprint density at radius 3 is 2.37 bits per heavy atom. The van der Waals surface area contributed by atoms with Gasteiger partial charge < -0.3 is 14.6 Å². The average molecular weight is 399 g/mol. The van der Waals surface area contributed by atoms with Crippen molar-refractivity contribution in [3.05, 3.63) is 46.2 Å². The topological polar surface area (TPSA) is 26.2 Å². The zero-order chi connectivity index (χ0) is 19.6. The molecule has 7 heteroatoms. The summed E-state index contributed by atoms with van der Waals surface area (Å²) in [6.07, 6.45) is -3.27. The van der Waals surface area contributed by atoms with Gasteiger partial charge in [-0.05, 0) is 42.3 Å². The van der Waals surface area contributed by atoms with Crippen LogP contribution in [0.2, 0.25) is 5.02 Å². The van der Waals surface area contributed by atoms with Crippen LogP contribution in [0, 0.1) is 0 Å². The molecular weight excluding hydrogens is 377 g/mol. The lowest BCUT2D eigenvalue weighted by Gasteiger charge is -2.44. The molecule has 146 valence electrons. The van der Waals surface area contributed by atoms with E-state index < -0.39 is 22.9 Å². The van der Waals surface area contributed by atoms with E-state index in [2.05, 4.69) is 5.32 Å². The number of nitrogens with one attached hydrogen (secondary N) is 1. The Morgan fingerprint density at radius 1 is 1.11 bits per heavy atom. The SMILES string of the molecule is CC(C)(C)c1cc(C(F)(F)F)n2c1C1(CCNCC1)Oc1cc(Cl)ccc1-2. The normalized spacial score (nSPS) is 18.8. The molecule has 2 aliphatic heterocycles. The lowest BCUT2D eigenvalue weighted by molar-refractivity contribution is -0.143. The van der Waals surface area contributed by atoms with Gasteiger partial charge in [-0.15, -0.1) is 0 Å². The van der Waals surface area contributed by atoms with Gasteiger partial charge in [0.25, 0.3) is 0 Å². The molecule has 0 bridgehead atoms. The zero-order valence-corrected chi connectivity index (χ0v) is 16.3. The molecule has 4 rings (SSSR count). The summed E-state index contributed by atoms with van der Waals surface area (Å²) in [7, 11) is 0. The minimum atomic E-state index is -4.47. The van der Waals surface area contributed by atoms with Crippen LogP contribution >= 0.6 is 11.6 Å². The van der Waals surface area contributed by atoms with Crippen molar-refractivity contribution in [1.29, 1.82) is 0 Å². The summed E-state index contributed by atoms with van der Waals surface area (Å²) in [4.78, 5) is 0. The lowest BCUT2D eigenvalue weighted by atomic mass is 9.78. The fraction of sp³-hybridized carbons (Fsp3) is 0.500. The first kappa shape index (κ1) is 18.7. The maximum absolute atomic E-state index is 14.0. The summed E-state index contributed by atoms with van der Waals surface area (Å²) in [6, 6.07) is 6.12. The minimum absolute atomic E-state index is 0.390. The number of fused-ring (bicyclic) bond motifs is 4. The van der Waals surface area contributed by atoms with Gasteiger partial charge in [-0.2, -0.15) is 13.2 Å². The van der Waals surface area contributed by atoms with Crippen LogP contribution in [-0.4, -0.2) is 17.7 Å². The largest absolute Gasteiger partial charge is 0.479 e. The van der Waals surface area contributed by atoms with Crippen molar-refractivity contribution in [1.82, 2.24) is 9.88 Å². The predicted molar refractivity (Wildman–Crippen MR) is 98.9 cm³/mol. The third kappa shape index (κ3) is 2.93. The molecule has 27 heavy (non-hydrogen) atoms. The first-order valence-electron chi connectivity index (χ1n) is 9.06. The van der Waals surface area contributed by atoms with E-state index in [-0.39, 0.29) is 0 Å². The molecule has 0 atom stereocenters. The van der Waals surface area contributed by atoms with Crippen LogP contribution in [-0.2, 0) is 17.2 Å². The van der Waals surface area contributed by atoms with Gasteiger partial charge in [0.15, 0.2) is 5.60 Å². The van der Waals surface area contributed by atoms with Gasteiger partial charge in [-0.1, -0.05) is 32.4 Å².